The molecule has 2 aromatic carbocycles. The van der Waals surface area contributed by atoms with Gasteiger partial charge in [0.1, 0.15) is 0 Å². The third kappa shape index (κ3) is 2.97. The number of hydrogen-bond donors (Lipinski definition) is 0. The van der Waals surface area contributed by atoms with Crippen LogP contribution in [0.3, 0.4) is 0 Å². The maximum Gasteiger partial charge on any atom is 0.201 e. The molecule has 5 fully saturated rings. The predicted octanol–water partition coefficient (Wildman–Crippen LogP) is 5.79. The Kier molecular flexibility index (Phi) is 4.70. The Morgan fingerprint density at radius 3 is 2.77 bits per heavy atom. The molecule has 0 amide bonds. The van der Waals surface area contributed by atoms with Crippen molar-refractivity contribution >= 4 is 22.5 Å². The first-order valence-electron chi connectivity index (χ1n) is 11.4. The molecule has 4 aliphatic heterocycles. The van der Waals surface area contributed by atoms with Crippen molar-refractivity contribution in [3.05, 3.63) is 42.5 Å². The van der Waals surface area contributed by atoms with E-state index in [1.165, 1.54) is 22.1 Å². The third-order valence-electron chi connectivity index (χ3n) is 7.99. The summed E-state index contributed by atoms with van der Waals surface area (Å²) in [5.74, 6) is 2.23. The average Bonchev–Trinajstić information content (AvgIpc) is 3.00. The Hall–Kier alpha value is -1.11. The number of ether oxygens (including phenoxy) is 2. The summed E-state index contributed by atoms with van der Waals surface area (Å²) in [6.07, 6.45) is 4.05. The zero-order valence-electron chi connectivity index (χ0n) is 17.7. The standard InChI is InChI=1S/C25H30O4S/c1-16-7-10-22-19(15-30-20-9-8-17-5-3-4-6-18(17)13-20)14-26-23-25(22)21(16)11-12-24(2,27-23)28-29-25/h3-6,8-9,13,16,19,21-23H,7,10-12,14-15H2,1-2H3/t16-,19-,21+,22+,23-,24+,25-/m1/s1. The SMILES string of the molecule is C[C@@H]1CC[C@H]2[C@@H](CSc3ccc4ccccc4c3)CO[C@@H]3O[C@]4(C)CC[C@@H]1[C@]32OO4. The van der Waals surface area contributed by atoms with Crippen molar-refractivity contribution in [2.45, 2.75) is 62.1 Å². The molecule has 2 aromatic rings. The van der Waals surface area contributed by atoms with E-state index >= 15 is 0 Å². The molecule has 7 atom stereocenters. The second-order valence-electron chi connectivity index (χ2n) is 9.82. The van der Waals surface area contributed by atoms with Crippen molar-refractivity contribution < 1.29 is 19.2 Å². The fourth-order valence-corrected chi connectivity index (χ4v) is 7.46. The molecular weight excluding hydrogens is 396 g/mol. The van der Waals surface area contributed by atoms with Gasteiger partial charge in [-0.15, -0.1) is 11.8 Å². The highest BCUT2D eigenvalue weighted by molar-refractivity contribution is 7.99. The normalized spacial score (nSPS) is 42.7. The first kappa shape index (κ1) is 19.6. The van der Waals surface area contributed by atoms with Crippen LogP contribution in [-0.2, 0) is 19.2 Å². The lowest BCUT2D eigenvalue weighted by Gasteiger charge is -2.59. The van der Waals surface area contributed by atoms with Crippen LogP contribution in [-0.4, -0.2) is 30.0 Å². The van der Waals surface area contributed by atoms with E-state index in [1.807, 2.05) is 18.7 Å². The molecule has 1 spiro atoms. The second kappa shape index (κ2) is 7.21. The van der Waals surface area contributed by atoms with Gasteiger partial charge in [-0.25, -0.2) is 9.78 Å². The smallest absolute Gasteiger partial charge is 0.201 e. The third-order valence-corrected chi connectivity index (χ3v) is 9.17. The lowest BCUT2D eigenvalue weighted by atomic mass is 9.58. The molecule has 160 valence electrons. The van der Waals surface area contributed by atoms with E-state index in [0.717, 1.165) is 31.6 Å². The molecule has 7 rings (SSSR count). The minimum absolute atomic E-state index is 0.307. The summed E-state index contributed by atoms with van der Waals surface area (Å²) in [6, 6.07) is 15.3. The van der Waals surface area contributed by atoms with Gasteiger partial charge in [-0.2, -0.15) is 0 Å². The number of thioether (sulfide) groups is 1. The molecule has 5 aliphatic rings. The van der Waals surface area contributed by atoms with Crippen LogP contribution in [0.1, 0.15) is 39.5 Å². The molecule has 0 N–H and O–H groups in total. The van der Waals surface area contributed by atoms with E-state index < -0.39 is 11.4 Å². The molecule has 4 heterocycles. The molecule has 5 heteroatoms. The molecular formula is C25H30O4S. The minimum Gasteiger partial charge on any atom is -0.349 e. The van der Waals surface area contributed by atoms with Crippen molar-refractivity contribution in [1.82, 2.24) is 0 Å². The molecule has 1 saturated carbocycles. The van der Waals surface area contributed by atoms with Gasteiger partial charge < -0.3 is 9.47 Å². The highest BCUT2D eigenvalue weighted by Crippen LogP contribution is 2.60. The highest BCUT2D eigenvalue weighted by Gasteiger charge is 2.68. The molecule has 4 saturated heterocycles. The summed E-state index contributed by atoms with van der Waals surface area (Å²) in [7, 11) is 0. The number of rotatable bonds is 3. The van der Waals surface area contributed by atoms with Crippen molar-refractivity contribution in [3.8, 4) is 0 Å². The second-order valence-corrected chi connectivity index (χ2v) is 10.9. The lowest BCUT2D eigenvalue weighted by Crippen LogP contribution is -2.69. The Morgan fingerprint density at radius 1 is 1.00 bits per heavy atom. The predicted molar refractivity (Wildman–Crippen MR) is 117 cm³/mol. The first-order valence-corrected chi connectivity index (χ1v) is 12.3. The van der Waals surface area contributed by atoms with Gasteiger partial charge in [0.05, 0.1) is 6.61 Å². The highest BCUT2D eigenvalue weighted by atomic mass is 32.2. The van der Waals surface area contributed by atoms with Crippen LogP contribution in [0.4, 0.5) is 0 Å². The number of fused-ring (bicyclic) bond motifs is 3. The number of hydrogen-bond acceptors (Lipinski definition) is 5. The van der Waals surface area contributed by atoms with Crippen LogP contribution in [0.15, 0.2) is 47.4 Å². The molecule has 1 aliphatic carbocycles. The Balaban J connectivity index is 1.26. The van der Waals surface area contributed by atoms with E-state index in [1.54, 1.807) is 0 Å². The fourth-order valence-electron chi connectivity index (χ4n) is 6.35. The summed E-state index contributed by atoms with van der Waals surface area (Å²) in [6.45, 7) is 5.09. The topological polar surface area (TPSA) is 36.9 Å². The summed E-state index contributed by atoms with van der Waals surface area (Å²) in [4.78, 5) is 13.5. The zero-order chi connectivity index (χ0) is 20.3. The quantitative estimate of drug-likeness (QED) is 0.458. The Morgan fingerprint density at radius 2 is 1.87 bits per heavy atom. The van der Waals surface area contributed by atoms with Gasteiger partial charge in [-0.3, -0.25) is 0 Å². The Bertz CT molecular complexity index is 950. The van der Waals surface area contributed by atoms with E-state index in [0.29, 0.717) is 23.7 Å². The monoisotopic (exact) mass is 426 g/mol. The van der Waals surface area contributed by atoms with Gasteiger partial charge >= 0.3 is 0 Å². The fraction of sp³-hybridized carbons (Fsp3) is 0.600. The molecule has 0 radical (unpaired) electrons. The largest absolute Gasteiger partial charge is 0.349 e. The molecule has 0 unspecified atom stereocenters. The van der Waals surface area contributed by atoms with Gasteiger partial charge in [0.15, 0.2) is 11.9 Å². The van der Waals surface area contributed by atoms with Gasteiger partial charge in [-0.05, 0) is 66.8 Å². The lowest BCUT2D eigenvalue weighted by molar-refractivity contribution is -0.566. The van der Waals surface area contributed by atoms with Crippen LogP contribution in [0.2, 0.25) is 0 Å². The maximum atomic E-state index is 6.37. The van der Waals surface area contributed by atoms with E-state index in [4.69, 9.17) is 19.2 Å². The van der Waals surface area contributed by atoms with Gasteiger partial charge in [0.25, 0.3) is 0 Å². The Labute approximate surface area is 182 Å². The van der Waals surface area contributed by atoms with Gasteiger partial charge in [0.2, 0.25) is 5.79 Å². The van der Waals surface area contributed by atoms with Crippen molar-refractivity contribution in [2.75, 3.05) is 12.4 Å². The summed E-state index contributed by atoms with van der Waals surface area (Å²) < 4.78 is 12.7. The van der Waals surface area contributed by atoms with E-state index in [2.05, 4.69) is 49.4 Å². The zero-order valence-corrected chi connectivity index (χ0v) is 18.5. The molecule has 4 nitrogen and oxygen atoms in total. The van der Waals surface area contributed by atoms with Crippen LogP contribution >= 0.6 is 11.8 Å². The van der Waals surface area contributed by atoms with Crippen molar-refractivity contribution in [2.24, 2.45) is 23.7 Å². The number of benzene rings is 2. The molecule has 30 heavy (non-hydrogen) atoms. The summed E-state index contributed by atoms with van der Waals surface area (Å²) in [5.41, 5.74) is -0.458. The van der Waals surface area contributed by atoms with Gasteiger partial charge in [0, 0.05) is 23.0 Å². The van der Waals surface area contributed by atoms with Crippen LogP contribution < -0.4 is 0 Å². The summed E-state index contributed by atoms with van der Waals surface area (Å²) >= 11 is 1.94. The van der Waals surface area contributed by atoms with Crippen molar-refractivity contribution in [1.29, 1.82) is 0 Å². The van der Waals surface area contributed by atoms with Crippen molar-refractivity contribution in [3.63, 3.8) is 0 Å². The average molecular weight is 427 g/mol. The van der Waals surface area contributed by atoms with Gasteiger partial charge in [-0.1, -0.05) is 37.3 Å². The molecule has 2 bridgehead atoms. The van der Waals surface area contributed by atoms with E-state index in [-0.39, 0.29) is 6.29 Å². The minimum atomic E-state index is -0.676. The molecule has 0 aromatic heterocycles. The van der Waals surface area contributed by atoms with E-state index in [9.17, 15) is 0 Å². The van der Waals surface area contributed by atoms with Crippen LogP contribution in [0.5, 0.6) is 0 Å². The maximum absolute atomic E-state index is 6.37. The van der Waals surface area contributed by atoms with Crippen LogP contribution in [0, 0.1) is 23.7 Å². The van der Waals surface area contributed by atoms with Crippen LogP contribution in [0.25, 0.3) is 10.8 Å². The first-order chi connectivity index (χ1) is 14.6. The summed E-state index contributed by atoms with van der Waals surface area (Å²) in [5, 5.41) is 2.59.